The summed E-state index contributed by atoms with van der Waals surface area (Å²) < 4.78 is 0. The van der Waals surface area contributed by atoms with Gasteiger partial charge in [-0.2, -0.15) is 0 Å². The van der Waals surface area contributed by atoms with Crippen molar-refractivity contribution in [2.75, 3.05) is 0 Å². The number of aromatic nitrogens is 4. The van der Waals surface area contributed by atoms with Crippen LogP contribution in [0.3, 0.4) is 0 Å². The Balaban J connectivity index is 1.36. The molecule has 4 heterocycles. The normalized spacial score (nSPS) is 11.3. The zero-order valence-corrected chi connectivity index (χ0v) is 28.2. The molecule has 0 saturated carbocycles. The summed E-state index contributed by atoms with van der Waals surface area (Å²) in [6.45, 7) is 4.30. The number of hydrogen-bond acceptors (Lipinski definition) is 8. The maximum atomic E-state index is 5.34. The highest BCUT2D eigenvalue weighted by molar-refractivity contribution is 7.21. The van der Waals surface area contributed by atoms with Crippen molar-refractivity contribution in [2.24, 2.45) is 0 Å². The Labute approximate surface area is 283 Å². The van der Waals surface area contributed by atoms with Crippen LogP contribution in [-0.4, -0.2) is 19.9 Å². The van der Waals surface area contributed by atoms with Gasteiger partial charge in [-0.05, 0) is 13.8 Å². The number of aryl methyl sites for hydroxylation is 2. The molecule has 0 N–H and O–H groups in total. The van der Waals surface area contributed by atoms with E-state index in [2.05, 4.69) is 111 Å². The minimum atomic E-state index is 0.846. The van der Waals surface area contributed by atoms with E-state index in [0.717, 1.165) is 84.6 Å². The van der Waals surface area contributed by atoms with Gasteiger partial charge in [0.2, 0.25) is 0 Å². The highest BCUT2D eigenvalue weighted by Gasteiger charge is 2.28. The van der Waals surface area contributed by atoms with Gasteiger partial charge in [0.25, 0.3) is 0 Å². The van der Waals surface area contributed by atoms with Crippen LogP contribution in [0.4, 0.5) is 0 Å². The second kappa shape index (κ2) is 12.3. The third kappa shape index (κ3) is 5.43. The minimum absolute atomic E-state index is 0.846. The lowest BCUT2D eigenvalue weighted by molar-refractivity contribution is 1.30. The monoisotopic (exact) mass is 666 g/mol. The average Bonchev–Trinajstić information content (AvgIpc) is 3.91. The quantitative estimate of drug-likeness (QED) is 0.170. The van der Waals surface area contributed by atoms with Crippen LogP contribution in [0.15, 0.2) is 121 Å². The van der Waals surface area contributed by atoms with E-state index < -0.39 is 0 Å². The van der Waals surface area contributed by atoms with Gasteiger partial charge in [0, 0.05) is 32.0 Å². The second-order valence-corrected chi connectivity index (χ2v) is 15.1. The Morgan fingerprint density at radius 1 is 0.326 bits per heavy atom. The number of benzene rings is 4. The Kier molecular flexibility index (Phi) is 7.71. The largest absolute Gasteiger partial charge is 0.235 e. The molecule has 0 atom stereocenters. The average molecular weight is 667 g/mol. The molecule has 8 aromatic rings. The van der Waals surface area contributed by atoms with Crippen molar-refractivity contribution in [1.29, 1.82) is 0 Å². The van der Waals surface area contributed by atoms with E-state index in [1.165, 1.54) is 0 Å². The van der Waals surface area contributed by atoms with E-state index in [4.69, 9.17) is 19.9 Å². The molecule has 8 rings (SSSR count). The third-order valence-electron chi connectivity index (χ3n) is 7.58. The molecule has 0 unspecified atom stereocenters. The zero-order valence-electron chi connectivity index (χ0n) is 25.0. The molecule has 0 spiro atoms. The molecule has 4 nitrogen and oxygen atoms in total. The first-order chi connectivity index (χ1) is 22.6. The van der Waals surface area contributed by atoms with Gasteiger partial charge in [-0.25, -0.2) is 19.9 Å². The topological polar surface area (TPSA) is 51.6 Å². The van der Waals surface area contributed by atoms with Crippen LogP contribution < -0.4 is 0 Å². The molecule has 0 radical (unpaired) electrons. The minimum Gasteiger partial charge on any atom is -0.235 e. The van der Waals surface area contributed by atoms with Crippen molar-refractivity contribution in [2.45, 2.75) is 13.8 Å². The number of hydrogen-bond donors (Lipinski definition) is 0. The zero-order chi connectivity index (χ0) is 31.0. The molecule has 46 heavy (non-hydrogen) atoms. The van der Waals surface area contributed by atoms with E-state index in [9.17, 15) is 0 Å². The smallest absolute Gasteiger partial charge is 0.124 e. The van der Waals surface area contributed by atoms with Gasteiger partial charge in [-0.15, -0.1) is 45.3 Å². The fourth-order valence-electron chi connectivity index (χ4n) is 5.31. The van der Waals surface area contributed by atoms with Gasteiger partial charge in [0.05, 0.1) is 21.1 Å². The Hall–Kier alpha value is -4.60. The van der Waals surface area contributed by atoms with Crippen LogP contribution in [0.2, 0.25) is 0 Å². The summed E-state index contributed by atoms with van der Waals surface area (Å²) in [4.78, 5) is 25.5. The molecule has 0 aliphatic heterocycles. The lowest BCUT2D eigenvalue weighted by Crippen LogP contribution is -1.89. The van der Waals surface area contributed by atoms with Crippen molar-refractivity contribution in [3.05, 3.63) is 131 Å². The van der Waals surface area contributed by atoms with E-state index in [1.54, 1.807) is 45.3 Å². The summed E-state index contributed by atoms with van der Waals surface area (Å²) in [7, 11) is 0. The lowest BCUT2D eigenvalue weighted by Gasteiger charge is -2.02. The first kappa shape index (κ1) is 28.8. The maximum absolute atomic E-state index is 5.34. The summed E-state index contributed by atoms with van der Waals surface area (Å²) in [6.07, 6.45) is 0. The Morgan fingerprint density at radius 2 is 0.587 bits per heavy atom. The fraction of sp³-hybridized carbons (Fsp3) is 0.0526. The highest BCUT2D eigenvalue weighted by Crippen LogP contribution is 2.49. The van der Waals surface area contributed by atoms with Crippen LogP contribution in [0.5, 0.6) is 0 Å². The molecule has 0 amide bonds. The fourth-order valence-corrected chi connectivity index (χ4v) is 9.53. The SMILES string of the molecule is Cc1sc(-c2ccccc2)nc1-c1sc(-c2ccccc2)nc1-c1nc(-c2ccccc2)sc1-c1nc(-c2ccccc2)sc1C. The lowest BCUT2D eigenvalue weighted by atomic mass is 10.1. The third-order valence-corrected chi connectivity index (χ3v) is 11.8. The number of nitrogens with zero attached hydrogens (tertiary/aromatic N) is 4. The Morgan fingerprint density at radius 3 is 0.891 bits per heavy atom. The molecular weight excluding hydrogens is 641 g/mol. The molecule has 0 aliphatic carbocycles. The summed E-state index contributed by atoms with van der Waals surface area (Å²) >= 11 is 6.79. The van der Waals surface area contributed by atoms with Crippen molar-refractivity contribution >= 4 is 45.3 Å². The first-order valence-electron chi connectivity index (χ1n) is 14.8. The van der Waals surface area contributed by atoms with Crippen LogP contribution in [-0.2, 0) is 0 Å². The van der Waals surface area contributed by atoms with E-state index >= 15 is 0 Å². The van der Waals surface area contributed by atoms with Crippen molar-refractivity contribution < 1.29 is 0 Å². The Bertz CT molecular complexity index is 2100. The maximum Gasteiger partial charge on any atom is 0.124 e. The predicted octanol–water partition coefficient (Wildman–Crippen LogP) is 11.8. The second-order valence-electron chi connectivity index (χ2n) is 10.7. The van der Waals surface area contributed by atoms with Crippen LogP contribution in [0.1, 0.15) is 9.75 Å². The van der Waals surface area contributed by atoms with Crippen LogP contribution >= 0.6 is 45.3 Å². The van der Waals surface area contributed by atoms with Gasteiger partial charge in [0.15, 0.2) is 0 Å². The summed E-state index contributed by atoms with van der Waals surface area (Å²) in [5.74, 6) is 0. The summed E-state index contributed by atoms with van der Waals surface area (Å²) in [6, 6.07) is 41.5. The molecule has 222 valence electrons. The van der Waals surface area contributed by atoms with E-state index in [-0.39, 0.29) is 0 Å². The van der Waals surface area contributed by atoms with Gasteiger partial charge < -0.3 is 0 Å². The van der Waals surface area contributed by atoms with Crippen molar-refractivity contribution in [3.8, 4) is 74.8 Å². The molecular formula is C38H26N4S4. The standard InChI is InChI=1S/C38H26N4S4/c1-23-29(39-35(43-23)25-15-7-3-8-16-25)33-31(41-37(45-33)27-19-11-5-12-20-27)32-34(46-38(42-32)28-21-13-6-14-22-28)30-24(2)44-36(40-30)26-17-9-4-10-18-26/h3-22H,1-2H3. The molecule has 4 aromatic heterocycles. The molecule has 0 fully saturated rings. The van der Waals surface area contributed by atoms with Crippen LogP contribution in [0, 0.1) is 13.8 Å². The van der Waals surface area contributed by atoms with E-state index in [1.807, 2.05) is 24.3 Å². The summed E-state index contributed by atoms with van der Waals surface area (Å²) in [5.41, 5.74) is 7.99. The highest BCUT2D eigenvalue weighted by atomic mass is 32.1. The predicted molar refractivity (Wildman–Crippen MR) is 197 cm³/mol. The first-order valence-corrected chi connectivity index (χ1v) is 18.1. The molecule has 8 heteroatoms. The molecule has 0 saturated heterocycles. The van der Waals surface area contributed by atoms with Gasteiger partial charge in [-0.3, -0.25) is 0 Å². The number of rotatable bonds is 7. The van der Waals surface area contributed by atoms with Gasteiger partial charge in [0.1, 0.15) is 31.4 Å². The molecule has 0 aliphatic rings. The van der Waals surface area contributed by atoms with Crippen LogP contribution in [0.25, 0.3) is 74.8 Å². The van der Waals surface area contributed by atoms with Gasteiger partial charge >= 0.3 is 0 Å². The molecule has 4 aromatic carbocycles. The molecule has 0 bridgehead atoms. The van der Waals surface area contributed by atoms with E-state index in [0.29, 0.717) is 0 Å². The van der Waals surface area contributed by atoms with Crippen molar-refractivity contribution in [1.82, 2.24) is 19.9 Å². The van der Waals surface area contributed by atoms with Gasteiger partial charge in [-0.1, -0.05) is 121 Å². The van der Waals surface area contributed by atoms with Crippen molar-refractivity contribution in [3.63, 3.8) is 0 Å². The summed E-state index contributed by atoms with van der Waals surface area (Å²) in [5, 5.41) is 3.89. The number of thiazole rings is 4.